The fourth-order valence-electron chi connectivity index (χ4n) is 1.57. The van der Waals surface area contributed by atoms with Crippen LogP contribution < -0.4 is 9.47 Å². The standard InChI is InChI=1S/C12H12N2O4/c1-17-7-3-4-10(18-2)8(5-7)11-13-6-9(14-11)12(15)16/h3-6H,1-2H3,(H,13,14)(H,15,16). The molecule has 6 heteroatoms. The smallest absolute Gasteiger partial charge is 0.353 e. The fraction of sp³-hybridized carbons (Fsp3) is 0.167. The van der Waals surface area contributed by atoms with Crippen molar-refractivity contribution in [2.24, 2.45) is 0 Å². The lowest BCUT2D eigenvalue weighted by atomic mass is 10.2. The van der Waals surface area contributed by atoms with Gasteiger partial charge in [0.05, 0.1) is 26.0 Å². The highest BCUT2D eigenvalue weighted by atomic mass is 16.5. The normalized spacial score (nSPS) is 10.1. The number of nitrogens with zero attached hydrogens (tertiary/aromatic N) is 1. The molecule has 18 heavy (non-hydrogen) atoms. The summed E-state index contributed by atoms with van der Waals surface area (Å²) in [5.41, 5.74) is 0.666. The molecule has 2 N–H and O–H groups in total. The van der Waals surface area contributed by atoms with Crippen molar-refractivity contribution in [2.45, 2.75) is 0 Å². The number of aromatic nitrogens is 2. The third kappa shape index (κ3) is 2.13. The van der Waals surface area contributed by atoms with Gasteiger partial charge in [-0.2, -0.15) is 0 Å². The maximum atomic E-state index is 10.8. The average molecular weight is 248 g/mol. The van der Waals surface area contributed by atoms with Crippen LogP contribution in [0.1, 0.15) is 10.5 Å². The Morgan fingerprint density at radius 1 is 1.33 bits per heavy atom. The molecule has 2 aromatic rings. The predicted octanol–water partition coefficient (Wildman–Crippen LogP) is 1.79. The first-order valence-electron chi connectivity index (χ1n) is 5.16. The highest BCUT2D eigenvalue weighted by molar-refractivity contribution is 5.86. The molecular formula is C12H12N2O4. The van der Waals surface area contributed by atoms with Crippen molar-refractivity contribution in [3.8, 4) is 22.9 Å². The van der Waals surface area contributed by atoms with Crippen molar-refractivity contribution >= 4 is 5.97 Å². The number of carbonyl (C=O) groups is 1. The second kappa shape index (κ2) is 4.79. The Hall–Kier alpha value is -2.50. The number of hydrogen-bond donors (Lipinski definition) is 2. The van der Waals surface area contributed by atoms with Crippen LogP contribution in [0.4, 0.5) is 0 Å². The van der Waals surface area contributed by atoms with E-state index in [9.17, 15) is 4.79 Å². The highest BCUT2D eigenvalue weighted by Gasteiger charge is 2.13. The largest absolute Gasteiger partial charge is 0.497 e. The van der Waals surface area contributed by atoms with Crippen LogP contribution in [0.15, 0.2) is 24.4 Å². The monoisotopic (exact) mass is 248 g/mol. The van der Waals surface area contributed by atoms with E-state index in [0.717, 1.165) is 0 Å². The molecule has 0 aliphatic heterocycles. The zero-order valence-electron chi connectivity index (χ0n) is 9.93. The number of aromatic amines is 1. The molecule has 0 unspecified atom stereocenters. The summed E-state index contributed by atoms with van der Waals surface area (Å²) in [6, 6.07) is 5.21. The van der Waals surface area contributed by atoms with Crippen molar-refractivity contribution in [1.29, 1.82) is 0 Å². The van der Waals surface area contributed by atoms with Crippen LogP contribution in [0.2, 0.25) is 0 Å². The summed E-state index contributed by atoms with van der Waals surface area (Å²) in [5, 5.41) is 8.85. The number of carboxylic acid groups (broad SMARTS) is 1. The van der Waals surface area contributed by atoms with Crippen LogP contribution in [0.25, 0.3) is 11.4 Å². The maximum absolute atomic E-state index is 10.8. The number of benzene rings is 1. The molecule has 1 aromatic heterocycles. The van der Waals surface area contributed by atoms with Gasteiger partial charge in [0.15, 0.2) is 0 Å². The van der Waals surface area contributed by atoms with Crippen LogP contribution in [-0.4, -0.2) is 35.3 Å². The number of nitrogens with one attached hydrogen (secondary N) is 1. The number of hydrogen-bond acceptors (Lipinski definition) is 4. The lowest BCUT2D eigenvalue weighted by Gasteiger charge is -2.08. The van der Waals surface area contributed by atoms with Gasteiger partial charge in [-0.3, -0.25) is 0 Å². The molecule has 0 radical (unpaired) electrons. The Balaban J connectivity index is 2.50. The van der Waals surface area contributed by atoms with Crippen LogP contribution in [-0.2, 0) is 0 Å². The highest BCUT2D eigenvalue weighted by Crippen LogP contribution is 2.31. The lowest BCUT2D eigenvalue weighted by molar-refractivity contribution is 0.0691. The minimum Gasteiger partial charge on any atom is -0.497 e. The molecule has 0 atom stereocenters. The van der Waals surface area contributed by atoms with Gasteiger partial charge in [0.25, 0.3) is 0 Å². The number of H-pyrrole nitrogens is 1. The van der Waals surface area contributed by atoms with Crippen molar-refractivity contribution in [3.05, 3.63) is 30.1 Å². The van der Waals surface area contributed by atoms with Crippen molar-refractivity contribution in [2.75, 3.05) is 14.2 Å². The van der Waals surface area contributed by atoms with E-state index in [1.54, 1.807) is 25.3 Å². The summed E-state index contributed by atoms with van der Waals surface area (Å²) in [5.74, 6) is 0.583. The molecule has 0 amide bonds. The van der Waals surface area contributed by atoms with Gasteiger partial charge in [-0.25, -0.2) is 9.78 Å². The van der Waals surface area contributed by atoms with E-state index in [1.165, 1.54) is 13.3 Å². The van der Waals surface area contributed by atoms with Gasteiger partial charge in [-0.05, 0) is 18.2 Å². The predicted molar refractivity (Wildman–Crippen MR) is 64.1 cm³/mol. The summed E-state index contributed by atoms with van der Waals surface area (Å²) >= 11 is 0. The minimum absolute atomic E-state index is 0.0230. The Kier molecular flexibility index (Phi) is 3.18. The number of ether oxygens (including phenoxy) is 2. The van der Waals surface area contributed by atoms with Crippen molar-refractivity contribution in [3.63, 3.8) is 0 Å². The van der Waals surface area contributed by atoms with Crippen LogP contribution >= 0.6 is 0 Å². The molecule has 0 aliphatic rings. The number of rotatable bonds is 4. The third-order valence-electron chi connectivity index (χ3n) is 2.47. The molecule has 0 spiro atoms. The second-order valence-electron chi connectivity index (χ2n) is 3.52. The molecule has 6 nitrogen and oxygen atoms in total. The van der Waals surface area contributed by atoms with E-state index < -0.39 is 5.97 Å². The minimum atomic E-state index is -1.06. The molecule has 0 saturated heterocycles. The quantitative estimate of drug-likeness (QED) is 0.861. The third-order valence-corrected chi connectivity index (χ3v) is 2.47. The maximum Gasteiger partial charge on any atom is 0.353 e. The Morgan fingerprint density at radius 2 is 2.11 bits per heavy atom. The van der Waals surface area contributed by atoms with Crippen molar-refractivity contribution < 1.29 is 19.4 Å². The number of methoxy groups -OCH3 is 2. The number of aromatic carboxylic acids is 1. The van der Waals surface area contributed by atoms with E-state index in [0.29, 0.717) is 22.9 Å². The van der Waals surface area contributed by atoms with Gasteiger partial charge in [0.2, 0.25) is 0 Å². The molecule has 0 bridgehead atoms. The zero-order chi connectivity index (χ0) is 13.1. The Morgan fingerprint density at radius 3 is 2.67 bits per heavy atom. The second-order valence-corrected chi connectivity index (χ2v) is 3.52. The van der Waals surface area contributed by atoms with Crippen molar-refractivity contribution in [1.82, 2.24) is 9.97 Å². The van der Waals surface area contributed by atoms with Gasteiger partial charge in [-0.15, -0.1) is 0 Å². The van der Waals surface area contributed by atoms with Crippen LogP contribution in [0, 0.1) is 0 Å². The molecule has 0 saturated carbocycles. The molecule has 1 aromatic carbocycles. The summed E-state index contributed by atoms with van der Waals surface area (Å²) < 4.78 is 10.3. The van der Waals surface area contributed by atoms with Gasteiger partial charge < -0.3 is 19.6 Å². The zero-order valence-corrected chi connectivity index (χ0v) is 9.93. The van der Waals surface area contributed by atoms with E-state index >= 15 is 0 Å². The van der Waals surface area contributed by atoms with E-state index in [1.807, 2.05) is 0 Å². The fourth-order valence-corrected chi connectivity index (χ4v) is 1.57. The first kappa shape index (κ1) is 12.0. The van der Waals surface area contributed by atoms with Gasteiger partial charge in [-0.1, -0.05) is 0 Å². The molecule has 2 rings (SSSR count). The van der Waals surface area contributed by atoms with E-state index in [2.05, 4.69) is 9.97 Å². The molecule has 0 fully saturated rings. The SMILES string of the molecule is COc1ccc(OC)c(-c2ncc(C(=O)O)[nH]2)c1. The van der Waals surface area contributed by atoms with Crippen LogP contribution in [0.3, 0.4) is 0 Å². The topological polar surface area (TPSA) is 84.4 Å². The summed E-state index contributed by atoms with van der Waals surface area (Å²) in [7, 11) is 3.09. The van der Waals surface area contributed by atoms with Gasteiger partial charge in [0, 0.05) is 0 Å². The number of carboxylic acids is 1. The first-order chi connectivity index (χ1) is 8.65. The summed E-state index contributed by atoms with van der Waals surface area (Å²) in [6.45, 7) is 0. The number of imidazole rings is 1. The van der Waals surface area contributed by atoms with E-state index in [4.69, 9.17) is 14.6 Å². The van der Waals surface area contributed by atoms with Gasteiger partial charge in [0.1, 0.15) is 23.0 Å². The lowest BCUT2D eigenvalue weighted by Crippen LogP contribution is -1.96. The Bertz CT molecular complexity index is 577. The summed E-state index contributed by atoms with van der Waals surface area (Å²) in [4.78, 5) is 17.5. The van der Waals surface area contributed by atoms with E-state index in [-0.39, 0.29) is 5.69 Å². The molecule has 1 heterocycles. The first-order valence-corrected chi connectivity index (χ1v) is 5.16. The summed E-state index contributed by atoms with van der Waals surface area (Å²) in [6.07, 6.45) is 1.26. The molecule has 0 aliphatic carbocycles. The average Bonchev–Trinajstić information content (AvgIpc) is 2.87. The Labute approximate surface area is 103 Å². The molecular weight excluding hydrogens is 236 g/mol. The molecule has 94 valence electrons. The van der Waals surface area contributed by atoms with Gasteiger partial charge >= 0.3 is 5.97 Å². The van der Waals surface area contributed by atoms with Crippen LogP contribution in [0.5, 0.6) is 11.5 Å².